The number of rotatable bonds is 8. The van der Waals surface area contributed by atoms with E-state index in [-0.39, 0.29) is 0 Å². The molecule has 0 amide bonds. The molecule has 0 aliphatic rings. The average Bonchev–Trinajstić information content (AvgIpc) is 2.25. The average molecular weight is 209 g/mol. The van der Waals surface area contributed by atoms with Crippen LogP contribution in [0.25, 0.3) is 0 Å². The first-order valence-corrected chi connectivity index (χ1v) is 6.33. The molecular formula is C14H27N. The zero-order chi connectivity index (χ0) is 11.5. The van der Waals surface area contributed by atoms with Crippen LogP contribution < -0.4 is 0 Å². The second-order valence-electron chi connectivity index (χ2n) is 4.23. The van der Waals surface area contributed by atoms with Crippen molar-refractivity contribution < 1.29 is 0 Å². The van der Waals surface area contributed by atoms with Crippen LogP contribution in [0.1, 0.15) is 59.3 Å². The molecular weight excluding hydrogens is 182 g/mol. The van der Waals surface area contributed by atoms with E-state index < -0.39 is 0 Å². The molecule has 0 aromatic heterocycles. The summed E-state index contributed by atoms with van der Waals surface area (Å²) in [6.45, 7) is 6.78. The first-order chi connectivity index (χ1) is 7.26. The fraction of sp³-hybridized carbons (Fsp3) is 0.786. The summed E-state index contributed by atoms with van der Waals surface area (Å²) in [5, 5.41) is 0. The van der Waals surface area contributed by atoms with Crippen molar-refractivity contribution in [2.75, 3.05) is 7.05 Å². The zero-order valence-corrected chi connectivity index (χ0v) is 10.9. The lowest BCUT2D eigenvalue weighted by molar-refractivity contribution is 0.613. The normalized spacial score (nSPS) is 14.8. The minimum Gasteiger partial charge on any atom is -0.301 e. The van der Waals surface area contributed by atoms with Crippen molar-refractivity contribution in [1.29, 1.82) is 0 Å². The van der Waals surface area contributed by atoms with Crippen molar-refractivity contribution in [2.45, 2.75) is 59.3 Å². The van der Waals surface area contributed by atoms with E-state index in [1.54, 1.807) is 5.57 Å². The molecule has 0 saturated heterocycles. The maximum Gasteiger partial charge on any atom is 0.0273 e. The molecule has 0 bridgehead atoms. The van der Waals surface area contributed by atoms with Crippen LogP contribution in [0, 0.1) is 5.92 Å². The van der Waals surface area contributed by atoms with Gasteiger partial charge < -0.3 is 4.99 Å². The predicted octanol–water partition coefficient (Wildman–Crippen LogP) is 4.63. The third kappa shape index (κ3) is 7.35. The number of allylic oxidation sites excluding steroid dienone is 2. The standard InChI is InChI=1S/C14H27N/c1-5-7-8-9-10-13(3)14(6-2)11-12-15-4/h10,12,14H,5-9,11H2,1-4H3/b13-10+,15-12?. The Kier molecular flexibility index (Phi) is 9.55. The number of aliphatic imine (C=N–C) groups is 1. The van der Waals surface area contributed by atoms with Crippen LogP contribution in [0.4, 0.5) is 0 Å². The van der Waals surface area contributed by atoms with E-state index in [9.17, 15) is 0 Å². The van der Waals surface area contributed by atoms with Crippen molar-refractivity contribution in [1.82, 2.24) is 0 Å². The van der Waals surface area contributed by atoms with Crippen LogP contribution in [0.15, 0.2) is 16.6 Å². The van der Waals surface area contributed by atoms with Gasteiger partial charge in [-0.15, -0.1) is 0 Å². The van der Waals surface area contributed by atoms with Gasteiger partial charge >= 0.3 is 0 Å². The molecule has 0 aromatic rings. The Hall–Kier alpha value is -0.590. The van der Waals surface area contributed by atoms with Crippen molar-refractivity contribution in [3.63, 3.8) is 0 Å². The summed E-state index contributed by atoms with van der Waals surface area (Å²) in [6.07, 6.45) is 12.0. The highest BCUT2D eigenvalue weighted by Crippen LogP contribution is 2.18. The van der Waals surface area contributed by atoms with Gasteiger partial charge in [-0.2, -0.15) is 0 Å². The van der Waals surface area contributed by atoms with Crippen molar-refractivity contribution in [3.8, 4) is 0 Å². The lowest BCUT2D eigenvalue weighted by Gasteiger charge is -2.13. The van der Waals surface area contributed by atoms with Gasteiger partial charge in [0.1, 0.15) is 0 Å². The molecule has 0 aromatic carbocycles. The highest BCUT2D eigenvalue weighted by atomic mass is 14.6. The number of hydrogen-bond acceptors (Lipinski definition) is 1. The summed E-state index contributed by atoms with van der Waals surface area (Å²) in [7, 11) is 1.85. The second-order valence-corrected chi connectivity index (χ2v) is 4.23. The van der Waals surface area contributed by atoms with E-state index in [1.165, 1.54) is 32.1 Å². The quantitative estimate of drug-likeness (QED) is 0.314. The Balaban J connectivity index is 3.94. The summed E-state index contributed by atoms with van der Waals surface area (Å²) in [4.78, 5) is 4.06. The SMILES string of the molecule is CCCCC/C=C(\C)C(CC)CC=NC. The third-order valence-electron chi connectivity index (χ3n) is 2.98. The van der Waals surface area contributed by atoms with Gasteiger partial charge in [0.05, 0.1) is 0 Å². The Bertz CT molecular complexity index is 192. The number of nitrogens with zero attached hydrogens (tertiary/aromatic N) is 1. The maximum atomic E-state index is 4.06. The largest absolute Gasteiger partial charge is 0.301 e. The van der Waals surface area contributed by atoms with Gasteiger partial charge in [-0.1, -0.05) is 38.3 Å². The van der Waals surface area contributed by atoms with E-state index in [1.807, 2.05) is 13.3 Å². The van der Waals surface area contributed by atoms with Gasteiger partial charge in [-0.3, -0.25) is 0 Å². The van der Waals surface area contributed by atoms with E-state index in [2.05, 4.69) is 31.8 Å². The fourth-order valence-corrected chi connectivity index (χ4v) is 1.80. The summed E-state index contributed by atoms with van der Waals surface area (Å²) in [5.74, 6) is 0.704. The van der Waals surface area contributed by atoms with Crippen LogP contribution >= 0.6 is 0 Å². The smallest absolute Gasteiger partial charge is 0.0273 e. The number of hydrogen-bond donors (Lipinski definition) is 0. The first kappa shape index (κ1) is 14.4. The van der Waals surface area contributed by atoms with Crippen molar-refractivity contribution in [3.05, 3.63) is 11.6 Å². The van der Waals surface area contributed by atoms with Crippen LogP contribution in [0.5, 0.6) is 0 Å². The molecule has 0 saturated carbocycles. The Morgan fingerprint density at radius 1 is 1.27 bits per heavy atom. The topological polar surface area (TPSA) is 12.4 Å². The zero-order valence-electron chi connectivity index (χ0n) is 10.9. The number of unbranched alkanes of at least 4 members (excludes halogenated alkanes) is 3. The van der Waals surface area contributed by atoms with Gasteiger partial charge in [-0.25, -0.2) is 0 Å². The van der Waals surface area contributed by atoms with Gasteiger partial charge in [0.2, 0.25) is 0 Å². The fourth-order valence-electron chi connectivity index (χ4n) is 1.80. The van der Waals surface area contributed by atoms with Gasteiger partial charge in [0.25, 0.3) is 0 Å². The molecule has 0 radical (unpaired) electrons. The Morgan fingerprint density at radius 3 is 2.53 bits per heavy atom. The summed E-state index contributed by atoms with van der Waals surface area (Å²) >= 11 is 0. The summed E-state index contributed by atoms with van der Waals surface area (Å²) < 4.78 is 0. The molecule has 0 heterocycles. The van der Waals surface area contributed by atoms with Gasteiger partial charge in [-0.05, 0) is 44.7 Å². The minimum atomic E-state index is 0.704. The lowest BCUT2D eigenvalue weighted by Crippen LogP contribution is -2.01. The van der Waals surface area contributed by atoms with Crippen molar-refractivity contribution in [2.24, 2.45) is 10.9 Å². The van der Waals surface area contributed by atoms with Crippen LogP contribution in [-0.4, -0.2) is 13.3 Å². The summed E-state index contributed by atoms with van der Waals surface area (Å²) in [6, 6.07) is 0. The molecule has 0 fully saturated rings. The van der Waals surface area contributed by atoms with Gasteiger partial charge in [0, 0.05) is 7.05 Å². The third-order valence-corrected chi connectivity index (χ3v) is 2.98. The molecule has 0 spiro atoms. The van der Waals surface area contributed by atoms with E-state index in [0.717, 1.165) is 6.42 Å². The highest BCUT2D eigenvalue weighted by Gasteiger charge is 2.05. The van der Waals surface area contributed by atoms with E-state index in [0.29, 0.717) is 5.92 Å². The molecule has 0 N–H and O–H groups in total. The minimum absolute atomic E-state index is 0.704. The highest BCUT2D eigenvalue weighted by molar-refractivity contribution is 5.57. The molecule has 88 valence electrons. The lowest BCUT2D eigenvalue weighted by atomic mass is 9.93. The van der Waals surface area contributed by atoms with Crippen LogP contribution in [-0.2, 0) is 0 Å². The molecule has 1 unspecified atom stereocenters. The summed E-state index contributed by atoms with van der Waals surface area (Å²) in [5.41, 5.74) is 1.55. The van der Waals surface area contributed by atoms with E-state index in [4.69, 9.17) is 0 Å². The molecule has 15 heavy (non-hydrogen) atoms. The Labute approximate surface area is 95.7 Å². The molecule has 1 heteroatoms. The second kappa shape index (κ2) is 9.95. The monoisotopic (exact) mass is 209 g/mol. The molecule has 1 atom stereocenters. The molecule has 0 aliphatic heterocycles. The van der Waals surface area contributed by atoms with Crippen molar-refractivity contribution >= 4 is 6.21 Å². The maximum absolute atomic E-state index is 4.06. The predicted molar refractivity (Wildman–Crippen MR) is 70.7 cm³/mol. The first-order valence-electron chi connectivity index (χ1n) is 6.33. The van der Waals surface area contributed by atoms with E-state index >= 15 is 0 Å². The van der Waals surface area contributed by atoms with Crippen LogP contribution in [0.2, 0.25) is 0 Å². The van der Waals surface area contributed by atoms with Gasteiger partial charge in [0.15, 0.2) is 0 Å². The molecule has 0 rings (SSSR count). The molecule has 0 aliphatic carbocycles. The molecule has 1 nitrogen and oxygen atoms in total. The Morgan fingerprint density at radius 2 is 2.00 bits per heavy atom. The van der Waals surface area contributed by atoms with Crippen LogP contribution in [0.3, 0.4) is 0 Å².